The van der Waals surface area contributed by atoms with Crippen molar-refractivity contribution >= 4 is 23.3 Å². The summed E-state index contributed by atoms with van der Waals surface area (Å²) >= 11 is 0. The number of rotatable bonds is 5. The molecule has 0 bridgehead atoms. The Labute approximate surface area is 169 Å². The molecule has 0 fully saturated rings. The lowest BCUT2D eigenvalue weighted by Crippen LogP contribution is -2.36. The van der Waals surface area contributed by atoms with Crippen molar-refractivity contribution in [2.75, 3.05) is 30.7 Å². The van der Waals surface area contributed by atoms with Crippen LogP contribution in [0.5, 0.6) is 0 Å². The van der Waals surface area contributed by atoms with Crippen molar-refractivity contribution in [3.63, 3.8) is 0 Å². The molecule has 1 aromatic heterocycles. The Morgan fingerprint density at radius 3 is 2.47 bits per heavy atom. The quantitative estimate of drug-likeness (QED) is 0.737. The van der Waals surface area contributed by atoms with Crippen LogP contribution in [0.25, 0.3) is 0 Å². The Morgan fingerprint density at radius 1 is 1.20 bits per heavy atom. The number of esters is 1. The Bertz CT molecular complexity index is 996. The maximum absolute atomic E-state index is 13.2. The van der Waals surface area contributed by atoms with Gasteiger partial charge in [-0.05, 0) is 37.3 Å². The highest BCUT2D eigenvalue weighted by molar-refractivity contribution is 5.95. The summed E-state index contributed by atoms with van der Waals surface area (Å²) in [6, 6.07) is 5.82. The van der Waals surface area contributed by atoms with Crippen molar-refractivity contribution in [3.8, 4) is 0 Å². The molecule has 0 saturated heterocycles. The van der Waals surface area contributed by atoms with Crippen molar-refractivity contribution in [2.45, 2.75) is 19.3 Å². The minimum absolute atomic E-state index is 0.0212. The number of benzene rings is 1. The van der Waals surface area contributed by atoms with E-state index in [2.05, 4.69) is 4.98 Å². The third-order valence-corrected chi connectivity index (χ3v) is 4.60. The molecule has 0 spiro atoms. The van der Waals surface area contributed by atoms with Crippen LogP contribution in [-0.4, -0.2) is 37.6 Å². The molecule has 0 radical (unpaired) electrons. The predicted molar refractivity (Wildman–Crippen MR) is 101 cm³/mol. The molecule has 0 saturated carbocycles. The van der Waals surface area contributed by atoms with Gasteiger partial charge in [0.05, 0.1) is 36.2 Å². The van der Waals surface area contributed by atoms with E-state index in [1.165, 1.54) is 30.4 Å². The molecule has 8 nitrogen and oxygen atoms in total. The lowest BCUT2D eigenvalue weighted by molar-refractivity contribution is -0.137. The SMILES string of the molecule is CCON1c2cc(C(F)(F)F)ccc2N(C)C1c1nc(C(N)=O)ccc1C(=O)OC. The van der Waals surface area contributed by atoms with E-state index < -0.39 is 29.8 Å². The second-order valence-electron chi connectivity index (χ2n) is 6.41. The molecule has 2 aromatic rings. The molecule has 2 heterocycles. The first-order chi connectivity index (χ1) is 14.1. The van der Waals surface area contributed by atoms with Crippen molar-refractivity contribution in [2.24, 2.45) is 5.73 Å². The number of hydrogen-bond acceptors (Lipinski definition) is 7. The van der Waals surface area contributed by atoms with Crippen molar-refractivity contribution in [1.82, 2.24) is 4.98 Å². The number of hydroxylamine groups is 1. The number of aromatic nitrogens is 1. The minimum atomic E-state index is -4.55. The Kier molecular flexibility index (Phi) is 5.57. The van der Waals surface area contributed by atoms with E-state index in [1.807, 2.05) is 0 Å². The van der Waals surface area contributed by atoms with Gasteiger partial charge in [0.1, 0.15) is 11.4 Å². The third-order valence-electron chi connectivity index (χ3n) is 4.60. The van der Waals surface area contributed by atoms with E-state index in [4.69, 9.17) is 15.3 Å². The summed E-state index contributed by atoms with van der Waals surface area (Å²) in [6.07, 6.45) is -5.50. The monoisotopic (exact) mass is 424 g/mol. The number of amides is 1. The zero-order valence-electron chi connectivity index (χ0n) is 16.4. The van der Waals surface area contributed by atoms with E-state index in [0.717, 1.165) is 12.1 Å². The fourth-order valence-electron chi connectivity index (χ4n) is 3.26. The number of carbonyl (C=O) groups is 2. The van der Waals surface area contributed by atoms with Gasteiger partial charge in [0.25, 0.3) is 5.91 Å². The molecule has 1 unspecified atom stereocenters. The van der Waals surface area contributed by atoms with Gasteiger partial charge in [-0.15, -0.1) is 0 Å². The van der Waals surface area contributed by atoms with Gasteiger partial charge in [0, 0.05) is 7.05 Å². The summed E-state index contributed by atoms with van der Waals surface area (Å²) in [5, 5.41) is 1.23. The van der Waals surface area contributed by atoms with Crippen LogP contribution >= 0.6 is 0 Å². The molecular formula is C19H19F3N4O4. The predicted octanol–water partition coefficient (Wildman–Crippen LogP) is 2.89. The highest BCUT2D eigenvalue weighted by Gasteiger charge is 2.41. The van der Waals surface area contributed by atoms with Crippen molar-refractivity contribution in [3.05, 3.63) is 52.8 Å². The molecule has 3 rings (SSSR count). The first-order valence-electron chi connectivity index (χ1n) is 8.85. The Balaban J connectivity index is 2.21. The number of hydrogen-bond donors (Lipinski definition) is 1. The molecule has 1 atom stereocenters. The van der Waals surface area contributed by atoms with Gasteiger partial charge in [-0.1, -0.05) is 0 Å². The van der Waals surface area contributed by atoms with Crippen LogP contribution in [0, 0.1) is 0 Å². The van der Waals surface area contributed by atoms with Gasteiger partial charge < -0.3 is 15.4 Å². The molecule has 1 aliphatic heterocycles. The van der Waals surface area contributed by atoms with Crippen LogP contribution < -0.4 is 15.7 Å². The number of alkyl halides is 3. The molecule has 1 aromatic carbocycles. The molecule has 30 heavy (non-hydrogen) atoms. The lowest BCUT2D eigenvalue weighted by atomic mass is 10.1. The van der Waals surface area contributed by atoms with Crippen LogP contribution in [0.3, 0.4) is 0 Å². The fourth-order valence-corrected chi connectivity index (χ4v) is 3.26. The number of primary amides is 1. The van der Waals surface area contributed by atoms with Crippen LogP contribution in [0.15, 0.2) is 30.3 Å². The zero-order chi connectivity index (χ0) is 22.2. The summed E-state index contributed by atoms with van der Waals surface area (Å²) < 4.78 is 44.5. The van der Waals surface area contributed by atoms with Gasteiger partial charge in [-0.3, -0.25) is 9.63 Å². The minimum Gasteiger partial charge on any atom is -0.465 e. The topological polar surface area (TPSA) is 98.0 Å². The second-order valence-corrected chi connectivity index (χ2v) is 6.41. The van der Waals surface area contributed by atoms with E-state index in [0.29, 0.717) is 5.69 Å². The van der Waals surface area contributed by atoms with Gasteiger partial charge >= 0.3 is 12.1 Å². The number of anilines is 2. The molecule has 0 aliphatic carbocycles. The standard InChI is InChI=1S/C19H19F3N4O4/c1-4-30-26-14-9-10(19(20,21)22)5-8-13(14)25(2)17(26)15-11(18(28)29-3)6-7-12(24-15)16(23)27/h5-9,17H,4H2,1-3H3,(H2,23,27). The molecule has 1 amide bonds. The summed E-state index contributed by atoms with van der Waals surface area (Å²) in [4.78, 5) is 35.3. The molecule has 160 valence electrons. The normalized spacial score (nSPS) is 15.9. The second kappa shape index (κ2) is 7.82. The first kappa shape index (κ1) is 21.4. The number of carbonyl (C=O) groups excluding carboxylic acids is 2. The average molecular weight is 424 g/mol. The number of ether oxygens (including phenoxy) is 1. The van der Waals surface area contributed by atoms with Crippen molar-refractivity contribution in [1.29, 1.82) is 0 Å². The van der Waals surface area contributed by atoms with Crippen LogP contribution in [-0.2, 0) is 15.8 Å². The highest BCUT2D eigenvalue weighted by atomic mass is 19.4. The van der Waals surface area contributed by atoms with Gasteiger partial charge in [0.2, 0.25) is 0 Å². The third kappa shape index (κ3) is 3.63. The van der Waals surface area contributed by atoms with Crippen molar-refractivity contribution < 1.29 is 32.3 Å². The highest BCUT2D eigenvalue weighted by Crippen LogP contribution is 2.48. The zero-order valence-corrected chi connectivity index (χ0v) is 16.4. The fraction of sp³-hybridized carbons (Fsp3) is 0.316. The van der Waals surface area contributed by atoms with Crippen LogP contribution in [0.4, 0.5) is 24.5 Å². The van der Waals surface area contributed by atoms with E-state index >= 15 is 0 Å². The number of nitrogens with zero attached hydrogens (tertiary/aromatic N) is 3. The van der Waals surface area contributed by atoms with Crippen LogP contribution in [0.1, 0.15) is 45.2 Å². The maximum Gasteiger partial charge on any atom is 0.416 e. The number of halogens is 3. The smallest absolute Gasteiger partial charge is 0.416 e. The molecule has 1 aliphatic rings. The molecule has 2 N–H and O–H groups in total. The van der Waals surface area contributed by atoms with Gasteiger partial charge in [-0.2, -0.15) is 13.2 Å². The summed E-state index contributed by atoms with van der Waals surface area (Å²) in [7, 11) is 2.78. The van der Waals surface area contributed by atoms with E-state index in [-0.39, 0.29) is 29.2 Å². The molecule has 11 heteroatoms. The average Bonchev–Trinajstić information content (AvgIpc) is 2.97. The van der Waals surface area contributed by atoms with Gasteiger partial charge in [-0.25, -0.2) is 14.8 Å². The number of fused-ring (bicyclic) bond motifs is 1. The summed E-state index contributed by atoms with van der Waals surface area (Å²) in [5.41, 5.74) is 4.98. The number of nitrogens with two attached hydrogens (primary N) is 1. The Hall–Kier alpha value is -3.34. The van der Waals surface area contributed by atoms with Gasteiger partial charge in [0.15, 0.2) is 6.17 Å². The van der Waals surface area contributed by atoms with E-state index in [9.17, 15) is 22.8 Å². The summed E-state index contributed by atoms with van der Waals surface area (Å²) in [5.74, 6) is -1.56. The molecular weight excluding hydrogens is 405 g/mol. The lowest BCUT2D eigenvalue weighted by Gasteiger charge is -2.30. The first-order valence-corrected chi connectivity index (χ1v) is 8.85. The van der Waals surface area contributed by atoms with Crippen LogP contribution in [0.2, 0.25) is 0 Å². The Morgan fingerprint density at radius 2 is 1.90 bits per heavy atom. The van der Waals surface area contributed by atoms with E-state index in [1.54, 1.807) is 18.9 Å². The summed E-state index contributed by atoms with van der Waals surface area (Å²) in [6.45, 7) is 1.79. The number of methoxy groups -OCH3 is 1. The maximum atomic E-state index is 13.2. The largest absolute Gasteiger partial charge is 0.465 e. The number of pyridine rings is 1.